The molecule has 1 heterocycles. The maximum absolute atomic E-state index is 13.3. The van der Waals surface area contributed by atoms with Crippen molar-refractivity contribution in [3.63, 3.8) is 0 Å². The maximum atomic E-state index is 13.3. The molecular formula is C13H13ClFN3. The predicted molar refractivity (Wildman–Crippen MR) is 70.2 cm³/mol. The monoisotopic (exact) mass is 265 g/mol. The summed E-state index contributed by atoms with van der Waals surface area (Å²) in [6.45, 7) is 3.84. The molecule has 0 spiro atoms. The summed E-state index contributed by atoms with van der Waals surface area (Å²) < 4.78 is 13.3. The lowest BCUT2D eigenvalue weighted by Gasteiger charge is -2.16. The quantitative estimate of drug-likeness (QED) is 0.918. The van der Waals surface area contributed by atoms with Gasteiger partial charge in [0.15, 0.2) is 0 Å². The molecule has 1 unspecified atom stereocenters. The number of nitrogens with zero attached hydrogens (tertiary/aromatic N) is 2. The van der Waals surface area contributed by atoms with Crippen molar-refractivity contribution in [2.75, 3.05) is 5.32 Å². The van der Waals surface area contributed by atoms with Gasteiger partial charge in [0.1, 0.15) is 5.82 Å². The minimum Gasteiger partial charge on any atom is -0.377 e. The Labute approximate surface area is 110 Å². The summed E-state index contributed by atoms with van der Waals surface area (Å²) in [4.78, 5) is 8.45. The molecule has 1 atom stereocenters. The van der Waals surface area contributed by atoms with Crippen LogP contribution in [0.3, 0.4) is 0 Å². The molecule has 0 aliphatic heterocycles. The van der Waals surface area contributed by atoms with Gasteiger partial charge in [-0.1, -0.05) is 11.6 Å². The fraction of sp³-hybridized carbons (Fsp3) is 0.231. The molecule has 3 nitrogen and oxygen atoms in total. The molecule has 0 fully saturated rings. The van der Waals surface area contributed by atoms with Gasteiger partial charge in [0.2, 0.25) is 0 Å². The van der Waals surface area contributed by atoms with E-state index < -0.39 is 5.82 Å². The van der Waals surface area contributed by atoms with Crippen LogP contribution in [0.5, 0.6) is 0 Å². The van der Waals surface area contributed by atoms with Crippen LogP contribution in [0.25, 0.3) is 0 Å². The number of benzene rings is 1. The lowest BCUT2D eigenvalue weighted by Crippen LogP contribution is -2.11. The standard InChI is InChI=1S/C13H13ClFN3/c1-8-13(17-6-5-16-8)9(2)18-10-3-4-11(14)12(15)7-10/h3-7,9,18H,1-2H3. The fourth-order valence-corrected chi connectivity index (χ4v) is 1.87. The van der Waals surface area contributed by atoms with E-state index in [2.05, 4.69) is 15.3 Å². The van der Waals surface area contributed by atoms with E-state index in [1.54, 1.807) is 18.5 Å². The molecule has 1 aromatic heterocycles. The molecule has 0 amide bonds. The zero-order valence-corrected chi connectivity index (χ0v) is 10.9. The van der Waals surface area contributed by atoms with Gasteiger partial charge in [-0.15, -0.1) is 0 Å². The van der Waals surface area contributed by atoms with Gasteiger partial charge in [0.05, 0.1) is 22.5 Å². The van der Waals surface area contributed by atoms with Crippen molar-refractivity contribution in [2.45, 2.75) is 19.9 Å². The summed E-state index contributed by atoms with van der Waals surface area (Å²) in [5, 5.41) is 3.28. The first-order valence-electron chi connectivity index (χ1n) is 5.57. The Balaban J connectivity index is 2.19. The highest BCUT2D eigenvalue weighted by atomic mass is 35.5. The van der Waals surface area contributed by atoms with Crippen LogP contribution in [0.2, 0.25) is 5.02 Å². The van der Waals surface area contributed by atoms with Crippen molar-refractivity contribution in [1.29, 1.82) is 0 Å². The fourth-order valence-electron chi connectivity index (χ4n) is 1.75. The van der Waals surface area contributed by atoms with Crippen molar-refractivity contribution in [2.24, 2.45) is 0 Å². The molecule has 0 radical (unpaired) electrons. The highest BCUT2D eigenvalue weighted by Gasteiger charge is 2.11. The highest BCUT2D eigenvalue weighted by molar-refractivity contribution is 6.30. The Morgan fingerprint density at radius 3 is 2.67 bits per heavy atom. The minimum atomic E-state index is -0.440. The number of rotatable bonds is 3. The Kier molecular flexibility index (Phi) is 3.77. The summed E-state index contributed by atoms with van der Waals surface area (Å²) >= 11 is 5.63. The predicted octanol–water partition coefficient (Wildman–Crippen LogP) is 3.75. The number of nitrogens with one attached hydrogen (secondary N) is 1. The number of hydrogen-bond acceptors (Lipinski definition) is 3. The van der Waals surface area contributed by atoms with Gasteiger partial charge in [-0.2, -0.15) is 0 Å². The molecule has 0 aliphatic rings. The van der Waals surface area contributed by atoms with Crippen LogP contribution in [0.4, 0.5) is 10.1 Å². The first kappa shape index (κ1) is 12.8. The van der Waals surface area contributed by atoms with Crippen molar-refractivity contribution < 1.29 is 4.39 Å². The van der Waals surface area contributed by atoms with Crippen LogP contribution < -0.4 is 5.32 Å². The van der Waals surface area contributed by atoms with E-state index >= 15 is 0 Å². The average Bonchev–Trinajstić information content (AvgIpc) is 2.34. The summed E-state index contributed by atoms with van der Waals surface area (Å²) in [6, 6.07) is 4.56. The molecule has 1 N–H and O–H groups in total. The number of aromatic nitrogens is 2. The van der Waals surface area contributed by atoms with Crippen LogP contribution in [0, 0.1) is 12.7 Å². The van der Waals surface area contributed by atoms with Gasteiger partial charge in [-0.3, -0.25) is 9.97 Å². The van der Waals surface area contributed by atoms with Gasteiger partial charge >= 0.3 is 0 Å². The third-order valence-electron chi connectivity index (χ3n) is 2.63. The van der Waals surface area contributed by atoms with Crippen molar-refractivity contribution in [3.8, 4) is 0 Å². The van der Waals surface area contributed by atoms with E-state index in [1.165, 1.54) is 12.1 Å². The Hall–Kier alpha value is -1.68. The van der Waals surface area contributed by atoms with Gasteiger partial charge in [-0.25, -0.2) is 4.39 Å². The van der Waals surface area contributed by atoms with Gasteiger partial charge in [0.25, 0.3) is 0 Å². The molecule has 5 heteroatoms. The number of aryl methyl sites for hydroxylation is 1. The third kappa shape index (κ3) is 2.76. The van der Waals surface area contributed by atoms with Crippen LogP contribution in [0.15, 0.2) is 30.6 Å². The second-order valence-electron chi connectivity index (χ2n) is 4.02. The Morgan fingerprint density at radius 1 is 1.28 bits per heavy atom. The number of anilines is 1. The van der Waals surface area contributed by atoms with Crippen molar-refractivity contribution in [3.05, 3.63) is 52.8 Å². The molecule has 0 aliphatic carbocycles. The zero-order valence-electron chi connectivity index (χ0n) is 10.1. The van der Waals surface area contributed by atoms with E-state index in [0.29, 0.717) is 5.69 Å². The summed E-state index contributed by atoms with van der Waals surface area (Å²) in [5.41, 5.74) is 2.36. The molecule has 1 aromatic carbocycles. The van der Waals surface area contributed by atoms with E-state index in [4.69, 9.17) is 11.6 Å². The summed E-state index contributed by atoms with van der Waals surface area (Å²) in [6.07, 6.45) is 3.29. The smallest absolute Gasteiger partial charge is 0.143 e. The topological polar surface area (TPSA) is 37.8 Å². The second-order valence-corrected chi connectivity index (χ2v) is 4.43. The maximum Gasteiger partial charge on any atom is 0.143 e. The summed E-state index contributed by atoms with van der Waals surface area (Å²) in [5.74, 6) is -0.440. The van der Waals surface area contributed by atoms with Crippen molar-refractivity contribution in [1.82, 2.24) is 9.97 Å². The first-order chi connectivity index (χ1) is 8.58. The average molecular weight is 266 g/mol. The molecule has 2 rings (SSSR count). The summed E-state index contributed by atoms with van der Waals surface area (Å²) in [7, 11) is 0. The normalized spacial score (nSPS) is 12.2. The molecular weight excluding hydrogens is 253 g/mol. The molecule has 2 aromatic rings. The minimum absolute atomic E-state index is 0.0562. The number of halogens is 2. The molecule has 94 valence electrons. The lowest BCUT2D eigenvalue weighted by molar-refractivity contribution is 0.628. The van der Waals surface area contributed by atoms with Gasteiger partial charge in [0, 0.05) is 18.1 Å². The van der Waals surface area contributed by atoms with Crippen molar-refractivity contribution >= 4 is 17.3 Å². The Morgan fingerprint density at radius 2 is 2.00 bits per heavy atom. The van der Waals surface area contributed by atoms with Crippen LogP contribution in [-0.4, -0.2) is 9.97 Å². The number of hydrogen-bond donors (Lipinski definition) is 1. The second kappa shape index (κ2) is 5.31. The molecule has 0 saturated carbocycles. The van der Waals surface area contributed by atoms with Crippen LogP contribution in [-0.2, 0) is 0 Å². The van der Waals surface area contributed by atoms with Gasteiger partial charge in [-0.05, 0) is 32.0 Å². The van der Waals surface area contributed by atoms with E-state index in [1.807, 2.05) is 13.8 Å². The molecule has 18 heavy (non-hydrogen) atoms. The largest absolute Gasteiger partial charge is 0.377 e. The molecule has 0 saturated heterocycles. The van der Waals surface area contributed by atoms with E-state index in [0.717, 1.165) is 11.4 Å². The first-order valence-corrected chi connectivity index (χ1v) is 5.95. The van der Waals surface area contributed by atoms with E-state index in [9.17, 15) is 4.39 Å². The van der Waals surface area contributed by atoms with Crippen LogP contribution >= 0.6 is 11.6 Å². The SMILES string of the molecule is Cc1nccnc1C(C)Nc1ccc(Cl)c(F)c1. The lowest BCUT2D eigenvalue weighted by atomic mass is 10.1. The zero-order chi connectivity index (χ0) is 13.1. The van der Waals surface area contributed by atoms with E-state index in [-0.39, 0.29) is 11.1 Å². The van der Waals surface area contributed by atoms with Crippen LogP contribution in [0.1, 0.15) is 24.4 Å². The van der Waals surface area contributed by atoms with Gasteiger partial charge < -0.3 is 5.32 Å². The molecule has 0 bridgehead atoms. The highest BCUT2D eigenvalue weighted by Crippen LogP contribution is 2.23. The third-order valence-corrected chi connectivity index (χ3v) is 2.94. The Bertz CT molecular complexity index is 560.